The molecule has 1 aliphatic rings. The molecule has 6 heteroatoms. The van der Waals surface area contributed by atoms with Gasteiger partial charge in [0.1, 0.15) is 0 Å². The number of nitrogens with zero attached hydrogens (tertiary/aromatic N) is 4. The maximum atomic E-state index is 12.1. The Morgan fingerprint density at radius 3 is 2.85 bits per heavy atom. The first-order chi connectivity index (χ1) is 9.70. The molecule has 1 N–H and O–H groups in total. The molecule has 112 valence electrons. The van der Waals surface area contributed by atoms with Crippen LogP contribution in [0.5, 0.6) is 0 Å². The Balaban J connectivity index is 1.73. The zero-order valence-electron chi connectivity index (χ0n) is 12.5. The van der Waals surface area contributed by atoms with E-state index in [0.717, 1.165) is 32.5 Å². The molecule has 1 aliphatic heterocycles. The first-order valence-corrected chi connectivity index (χ1v) is 7.54. The zero-order valence-corrected chi connectivity index (χ0v) is 12.5. The van der Waals surface area contributed by atoms with Crippen LogP contribution in [0, 0.1) is 5.92 Å². The van der Waals surface area contributed by atoms with E-state index in [-0.39, 0.29) is 5.91 Å². The lowest BCUT2D eigenvalue weighted by molar-refractivity contribution is 0.0667. The standard InChI is InChI=1S/C14H25N5O/c1-3-4-7-18(2)11-12-5-8-19(9-6-12)14(20)13-10-15-17-16-13/h10,12H,3-9,11H2,1-2H3,(H,15,16,17). The molecular weight excluding hydrogens is 254 g/mol. The van der Waals surface area contributed by atoms with Gasteiger partial charge in [0.2, 0.25) is 0 Å². The highest BCUT2D eigenvalue weighted by atomic mass is 16.2. The lowest BCUT2D eigenvalue weighted by atomic mass is 9.96. The van der Waals surface area contributed by atoms with E-state index >= 15 is 0 Å². The summed E-state index contributed by atoms with van der Waals surface area (Å²) in [5.41, 5.74) is 0.420. The van der Waals surface area contributed by atoms with Crippen LogP contribution in [0.4, 0.5) is 0 Å². The number of carbonyl (C=O) groups excluding carboxylic acids is 1. The van der Waals surface area contributed by atoms with Crippen molar-refractivity contribution in [2.45, 2.75) is 32.6 Å². The quantitative estimate of drug-likeness (QED) is 0.854. The summed E-state index contributed by atoms with van der Waals surface area (Å²) in [7, 11) is 2.20. The van der Waals surface area contributed by atoms with Crippen LogP contribution in [0.15, 0.2) is 6.20 Å². The predicted octanol–water partition coefficient (Wildman–Crippen LogP) is 1.39. The van der Waals surface area contributed by atoms with Gasteiger partial charge in [-0.1, -0.05) is 13.3 Å². The minimum absolute atomic E-state index is 0.00321. The van der Waals surface area contributed by atoms with Gasteiger partial charge in [-0.15, -0.1) is 0 Å². The number of hydrogen-bond acceptors (Lipinski definition) is 4. The molecule has 0 atom stereocenters. The number of piperidine rings is 1. The number of likely N-dealkylation sites (tertiary alicyclic amines) is 1. The van der Waals surface area contributed by atoms with Gasteiger partial charge < -0.3 is 9.80 Å². The molecule has 0 unspecified atom stereocenters. The Kier molecular flexibility index (Phi) is 5.52. The van der Waals surface area contributed by atoms with Crippen molar-refractivity contribution < 1.29 is 4.79 Å². The highest BCUT2D eigenvalue weighted by molar-refractivity contribution is 5.91. The third-order valence-electron chi connectivity index (χ3n) is 4.00. The Labute approximate surface area is 120 Å². The van der Waals surface area contributed by atoms with Gasteiger partial charge in [-0.2, -0.15) is 15.4 Å². The molecule has 0 saturated carbocycles. The number of aromatic nitrogens is 3. The number of amides is 1. The van der Waals surface area contributed by atoms with Crippen LogP contribution in [-0.4, -0.2) is 64.3 Å². The van der Waals surface area contributed by atoms with Crippen molar-refractivity contribution >= 4 is 5.91 Å². The number of nitrogens with one attached hydrogen (secondary N) is 1. The van der Waals surface area contributed by atoms with Gasteiger partial charge >= 0.3 is 0 Å². The second-order valence-corrected chi connectivity index (χ2v) is 5.71. The van der Waals surface area contributed by atoms with E-state index in [1.165, 1.54) is 25.6 Å². The van der Waals surface area contributed by atoms with Crippen molar-refractivity contribution in [3.05, 3.63) is 11.9 Å². The molecule has 2 rings (SSSR count). The van der Waals surface area contributed by atoms with E-state index < -0.39 is 0 Å². The lowest BCUT2D eigenvalue weighted by Gasteiger charge is -2.33. The number of unbranched alkanes of at least 4 members (excludes halogenated alkanes) is 1. The molecule has 1 saturated heterocycles. The normalized spacial score (nSPS) is 16.9. The number of hydrogen-bond donors (Lipinski definition) is 1. The fourth-order valence-corrected chi connectivity index (χ4v) is 2.75. The minimum Gasteiger partial charge on any atom is -0.337 e. The molecule has 1 amide bonds. The molecule has 6 nitrogen and oxygen atoms in total. The molecule has 0 spiro atoms. The van der Waals surface area contributed by atoms with Gasteiger partial charge in [0.25, 0.3) is 5.91 Å². The summed E-state index contributed by atoms with van der Waals surface area (Å²) in [6.07, 6.45) is 6.17. The van der Waals surface area contributed by atoms with E-state index in [4.69, 9.17) is 0 Å². The summed E-state index contributed by atoms with van der Waals surface area (Å²) in [4.78, 5) is 16.4. The summed E-state index contributed by atoms with van der Waals surface area (Å²) >= 11 is 0. The average molecular weight is 279 g/mol. The third-order valence-corrected chi connectivity index (χ3v) is 4.00. The maximum absolute atomic E-state index is 12.1. The molecule has 1 fully saturated rings. The highest BCUT2D eigenvalue weighted by Crippen LogP contribution is 2.19. The van der Waals surface area contributed by atoms with Gasteiger partial charge in [0.15, 0.2) is 5.69 Å². The fraction of sp³-hybridized carbons (Fsp3) is 0.786. The second-order valence-electron chi connectivity index (χ2n) is 5.71. The van der Waals surface area contributed by atoms with Crippen LogP contribution in [-0.2, 0) is 0 Å². The first-order valence-electron chi connectivity index (χ1n) is 7.54. The van der Waals surface area contributed by atoms with Gasteiger partial charge in [0, 0.05) is 19.6 Å². The molecule has 0 aromatic carbocycles. The summed E-state index contributed by atoms with van der Waals surface area (Å²) < 4.78 is 0. The van der Waals surface area contributed by atoms with Crippen LogP contribution in [0.2, 0.25) is 0 Å². The summed E-state index contributed by atoms with van der Waals surface area (Å²) in [6.45, 7) is 6.21. The fourth-order valence-electron chi connectivity index (χ4n) is 2.75. The monoisotopic (exact) mass is 279 g/mol. The maximum Gasteiger partial charge on any atom is 0.276 e. The molecule has 0 aliphatic carbocycles. The lowest BCUT2D eigenvalue weighted by Crippen LogP contribution is -2.41. The molecule has 20 heavy (non-hydrogen) atoms. The number of aromatic amines is 1. The molecule has 0 bridgehead atoms. The van der Waals surface area contributed by atoms with E-state index in [0.29, 0.717) is 11.6 Å². The van der Waals surface area contributed by atoms with Gasteiger partial charge in [-0.05, 0) is 38.8 Å². The smallest absolute Gasteiger partial charge is 0.276 e. The van der Waals surface area contributed by atoms with Gasteiger partial charge in [-0.25, -0.2) is 0 Å². The van der Waals surface area contributed by atoms with Gasteiger partial charge in [0.05, 0.1) is 6.20 Å². The Morgan fingerprint density at radius 2 is 2.25 bits per heavy atom. The van der Waals surface area contributed by atoms with E-state index in [1.54, 1.807) is 0 Å². The zero-order chi connectivity index (χ0) is 14.4. The van der Waals surface area contributed by atoms with Crippen molar-refractivity contribution in [2.75, 3.05) is 33.2 Å². The second kappa shape index (κ2) is 7.38. The Bertz CT molecular complexity index is 398. The minimum atomic E-state index is -0.00321. The largest absolute Gasteiger partial charge is 0.337 e. The number of H-pyrrole nitrogens is 1. The molecule has 2 heterocycles. The van der Waals surface area contributed by atoms with Crippen LogP contribution in [0.3, 0.4) is 0 Å². The molecule has 0 radical (unpaired) electrons. The Morgan fingerprint density at radius 1 is 1.50 bits per heavy atom. The van der Waals surface area contributed by atoms with E-state index in [1.807, 2.05) is 4.90 Å². The van der Waals surface area contributed by atoms with Gasteiger partial charge in [-0.3, -0.25) is 4.79 Å². The summed E-state index contributed by atoms with van der Waals surface area (Å²) in [5, 5.41) is 10.0. The van der Waals surface area contributed by atoms with Crippen molar-refractivity contribution in [3.63, 3.8) is 0 Å². The van der Waals surface area contributed by atoms with Crippen molar-refractivity contribution in [2.24, 2.45) is 5.92 Å². The molecule has 1 aromatic rings. The number of carbonyl (C=O) groups is 1. The third kappa shape index (κ3) is 4.03. The topological polar surface area (TPSA) is 65.1 Å². The highest BCUT2D eigenvalue weighted by Gasteiger charge is 2.25. The molecule has 1 aromatic heterocycles. The van der Waals surface area contributed by atoms with E-state index in [2.05, 4.69) is 34.3 Å². The summed E-state index contributed by atoms with van der Waals surface area (Å²) in [5.74, 6) is 0.703. The van der Waals surface area contributed by atoms with Crippen molar-refractivity contribution in [3.8, 4) is 0 Å². The van der Waals surface area contributed by atoms with Crippen molar-refractivity contribution in [1.29, 1.82) is 0 Å². The van der Waals surface area contributed by atoms with Crippen LogP contribution < -0.4 is 0 Å². The SMILES string of the molecule is CCCCN(C)CC1CCN(C(=O)c2cn[nH]n2)CC1. The molecular formula is C14H25N5O. The average Bonchev–Trinajstić information content (AvgIpc) is 2.99. The number of rotatable bonds is 6. The Hall–Kier alpha value is -1.43. The summed E-state index contributed by atoms with van der Waals surface area (Å²) in [6, 6.07) is 0. The van der Waals surface area contributed by atoms with Crippen LogP contribution >= 0.6 is 0 Å². The predicted molar refractivity (Wildman–Crippen MR) is 77.4 cm³/mol. The van der Waals surface area contributed by atoms with E-state index in [9.17, 15) is 4.79 Å². The van der Waals surface area contributed by atoms with Crippen LogP contribution in [0.25, 0.3) is 0 Å². The van der Waals surface area contributed by atoms with Crippen LogP contribution in [0.1, 0.15) is 43.1 Å². The first kappa shape index (κ1) is 15.0. The van der Waals surface area contributed by atoms with Crippen molar-refractivity contribution in [1.82, 2.24) is 25.2 Å².